The second-order valence-electron chi connectivity index (χ2n) is 6.21. The molecule has 0 amide bonds. The summed E-state index contributed by atoms with van der Waals surface area (Å²) >= 11 is 0. The lowest BCUT2D eigenvalue weighted by Crippen LogP contribution is -2.26. The maximum absolute atomic E-state index is 5.98. The van der Waals surface area contributed by atoms with Gasteiger partial charge in [-0.05, 0) is 62.7 Å². The van der Waals surface area contributed by atoms with Gasteiger partial charge in [-0.3, -0.25) is 0 Å². The fourth-order valence-corrected chi connectivity index (χ4v) is 3.68. The number of rotatable bonds is 3. The Labute approximate surface area is 132 Å². The molecule has 2 aromatic carbocycles. The van der Waals surface area contributed by atoms with E-state index >= 15 is 0 Å². The molecule has 2 aromatic rings. The monoisotopic (exact) mass is 289 g/mol. The standard InChI is InChI=1S/C21H23N/c1-5-8-16-11-17(15(4)22)12-20-13(2)18-9-6-7-10-19(18)14(3)21(16)20/h6-7,9-10,12,16H,2-5,8,11,22H2,1H3. The molecule has 1 unspecified atom stereocenters. The molecule has 0 bridgehead atoms. The van der Waals surface area contributed by atoms with Crippen molar-refractivity contribution < 1.29 is 0 Å². The van der Waals surface area contributed by atoms with Crippen LogP contribution in [0.25, 0.3) is 30.0 Å². The highest BCUT2D eigenvalue weighted by Crippen LogP contribution is 2.35. The Balaban J connectivity index is 2.41. The molecule has 22 heavy (non-hydrogen) atoms. The zero-order valence-electron chi connectivity index (χ0n) is 13.3. The number of hydrogen-bond acceptors (Lipinski definition) is 1. The molecular formula is C21H23N. The molecule has 0 saturated carbocycles. The molecule has 1 nitrogen and oxygen atoms in total. The lowest BCUT2D eigenvalue weighted by Gasteiger charge is -2.27. The van der Waals surface area contributed by atoms with E-state index < -0.39 is 0 Å². The molecule has 0 spiro atoms. The van der Waals surface area contributed by atoms with Crippen LogP contribution >= 0.6 is 0 Å². The SMILES string of the molecule is C=C(N)C1=Cc2c(c(=C)c3ccccc3c2=C)C(CCC)C1. The van der Waals surface area contributed by atoms with Crippen LogP contribution in [0.3, 0.4) is 0 Å². The van der Waals surface area contributed by atoms with E-state index in [4.69, 9.17) is 5.73 Å². The van der Waals surface area contributed by atoms with Gasteiger partial charge in [0.2, 0.25) is 0 Å². The quantitative estimate of drug-likeness (QED) is 0.913. The van der Waals surface area contributed by atoms with Crippen molar-refractivity contribution in [2.75, 3.05) is 0 Å². The summed E-state index contributed by atoms with van der Waals surface area (Å²) in [6, 6.07) is 8.41. The van der Waals surface area contributed by atoms with Gasteiger partial charge in [-0.15, -0.1) is 0 Å². The van der Waals surface area contributed by atoms with Crippen molar-refractivity contribution in [3.8, 4) is 0 Å². The average molecular weight is 289 g/mol. The van der Waals surface area contributed by atoms with Crippen LogP contribution in [0.2, 0.25) is 0 Å². The van der Waals surface area contributed by atoms with E-state index in [0.29, 0.717) is 11.6 Å². The van der Waals surface area contributed by atoms with E-state index in [-0.39, 0.29) is 0 Å². The third-order valence-electron chi connectivity index (χ3n) is 4.76. The molecular weight excluding hydrogens is 266 g/mol. The van der Waals surface area contributed by atoms with Gasteiger partial charge in [0.1, 0.15) is 0 Å². The first-order valence-corrected chi connectivity index (χ1v) is 7.92. The number of allylic oxidation sites excluding steroid dienone is 1. The molecule has 0 fully saturated rings. The first-order valence-electron chi connectivity index (χ1n) is 7.92. The van der Waals surface area contributed by atoms with Crippen LogP contribution in [0.1, 0.15) is 43.2 Å². The maximum Gasteiger partial charge on any atom is 0.0273 e. The van der Waals surface area contributed by atoms with Crippen molar-refractivity contribution in [2.24, 2.45) is 5.73 Å². The summed E-state index contributed by atoms with van der Waals surface area (Å²) in [5, 5.41) is 4.63. The maximum atomic E-state index is 5.98. The minimum Gasteiger partial charge on any atom is -0.399 e. The summed E-state index contributed by atoms with van der Waals surface area (Å²) in [6.07, 6.45) is 5.41. The first-order chi connectivity index (χ1) is 10.5. The third kappa shape index (κ3) is 2.18. The van der Waals surface area contributed by atoms with Crippen LogP contribution in [0.4, 0.5) is 0 Å². The Morgan fingerprint density at radius 2 is 1.82 bits per heavy atom. The fraction of sp³-hybridized carbons (Fsp3) is 0.238. The Kier molecular flexibility index (Phi) is 3.66. The molecule has 1 atom stereocenters. The zero-order valence-corrected chi connectivity index (χ0v) is 13.3. The Bertz CT molecular complexity index is 886. The minimum absolute atomic E-state index is 0.456. The smallest absolute Gasteiger partial charge is 0.0273 e. The predicted octanol–water partition coefficient (Wildman–Crippen LogP) is 3.80. The van der Waals surface area contributed by atoms with E-state index in [1.807, 2.05) is 0 Å². The molecule has 0 radical (unpaired) electrons. The van der Waals surface area contributed by atoms with Crippen molar-refractivity contribution in [3.05, 3.63) is 63.7 Å². The van der Waals surface area contributed by atoms with Gasteiger partial charge in [-0.2, -0.15) is 0 Å². The number of benzene rings is 2. The van der Waals surface area contributed by atoms with Crippen LogP contribution in [0.5, 0.6) is 0 Å². The van der Waals surface area contributed by atoms with Gasteiger partial charge < -0.3 is 5.73 Å². The van der Waals surface area contributed by atoms with E-state index in [2.05, 4.69) is 57.0 Å². The normalized spacial score (nSPS) is 17.1. The molecule has 1 aliphatic carbocycles. The van der Waals surface area contributed by atoms with Crippen molar-refractivity contribution in [3.63, 3.8) is 0 Å². The van der Waals surface area contributed by atoms with E-state index in [9.17, 15) is 0 Å². The van der Waals surface area contributed by atoms with Gasteiger partial charge in [0, 0.05) is 5.70 Å². The van der Waals surface area contributed by atoms with Gasteiger partial charge in [0.15, 0.2) is 0 Å². The van der Waals surface area contributed by atoms with Crippen LogP contribution < -0.4 is 16.2 Å². The Morgan fingerprint density at radius 1 is 1.18 bits per heavy atom. The van der Waals surface area contributed by atoms with Gasteiger partial charge >= 0.3 is 0 Å². The molecule has 0 saturated heterocycles. The van der Waals surface area contributed by atoms with Crippen molar-refractivity contribution in [1.29, 1.82) is 0 Å². The summed E-state index contributed by atoms with van der Waals surface area (Å²) < 4.78 is 0. The highest BCUT2D eigenvalue weighted by Gasteiger charge is 2.23. The number of fused-ring (bicyclic) bond motifs is 2. The molecule has 0 aromatic heterocycles. The van der Waals surface area contributed by atoms with E-state index in [1.54, 1.807) is 0 Å². The predicted molar refractivity (Wildman–Crippen MR) is 97.8 cm³/mol. The Hall–Kier alpha value is -2.28. The molecule has 3 rings (SSSR count). The minimum atomic E-state index is 0.456. The fourth-order valence-electron chi connectivity index (χ4n) is 3.68. The van der Waals surface area contributed by atoms with E-state index in [0.717, 1.165) is 35.3 Å². The molecule has 1 aliphatic rings. The summed E-state index contributed by atoms with van der Waals surface area (Å²) in [7, 11) is 0. The van der Waals surface area contributed by atoms with Crippen LogP contribution in [0, 0.1) is 0 Å². The Morgan fingerprint density at radius 3 is 2.41 bits per heavy atom. The number of nitrogens with two attached hydrogens (primary N) is 1. The summed E-state index contributed by atoms with van der Waals surface area (Å²) in [5.74, 6) is 0.456. The van der Waals surface area contributed by atoms with Gasteiger partial charge in [-0.1, -0.05) is 57.3 Å². The van der Waals surface area contributed by atoms with Crippen molar-refractivity contribution in [2.45, 2.75) is 32.1 Å². The second kappa shape index (κ2) is 5.49. The van der Waals surface area contributed by atoms with Gasteiger partial charge in [-0.25, -0.2) is 0 Å². The highest BCUT2D eigenvalue weighted by molar-refractivity contribution is 5.88. The van der Waals surface area contributed by atoms with Crippen LogP contribution in [-0.4, -0.2) is 0 Å². The summed E-state index contributed by atoms with van der Waals surface area (Å²) in [5.41, 5.74) is 10.4. The van der Waals surface area contributed by atoms with Gasteiger partial charge in [0.25, 0.3) is 0 Å². The summed E-state index contributed by atoms with van der Waals surface area (Å²) in [6.45, 7) is 14.9. The molecule has 2 N–H and O–H groups in total. The molecule has 112 valence electrons. The van der Waals surface area contributed by atoms with Crippen molar-refractivity contribution in [1.82, 2.24) is 0 Å². The average Bonchev–Trinajstić information content (AvgIpc) is 2.52. The molecule has 0 aliphatic heterocycles. The zero-order chi connectivity index (χ0) is 15.9. The molecule has 1 heteroatoms. The first kappa shape index (κ1) is 14.6. The van der Waals surface area contributed by atoms with E-state index in [1.165, 1.54) is 21.9 Å². The highest BCUT2D eigenvalue weighted by atomic mass is 14.6. The second-order valence-corrected chi connectivity index (χ2v) is 6.21. The topological polar surface area (TPSA) is 26.0 Å². The third-order valence-corrected chi connectivity index (χ3v) is 4.76. The number of hydrogen-bond donors (Lipinski definition) is 1. The van der Waals surface area contributed by atoms with Crippen molar-refractivity contribution >= 4 is 30.0 Å². The van der Waals surface area contributed by atoms with Crippen LogP contribution in [0.15, 0.2) is 42.1 Å². The largest absolute Gasteiger partial charge is 0.399 e. The molecule has 0 heterocycles. The van der Waals surface area contributed by atoms with Gasteiger partial charge in [0.05, 0.1) is 0 Å². The lowest BCUT2D eigenvalue weighted by molar-refractivity contribution is 0.601. The van der Waals surface area contributed by atoms with Crippen LogP contribution in [-0.2, 0) is 0 Å². The lowest BCUT2D eigenvalue weighted by atomic mass is 9.77. The summed E-state index contributed by atoms with van der Waals surface area (Å²) in [4.78, 5) is 0.